The Kier molecular flexibility index (Phi) is 5.99. The van der Waals surface area contributed by atoms with Crippen molar-refractivity contribution >= 4 is 17.6 Å². The van der Waals surface area contributed by atoms with E-state index in [1.807, 2.05) is 24.3 Å². The van der Waals surface area contributed by atoms with Crippen molar-refractivity contribution in [2.75, 3.05) is 0 Å². The number of aliphatic imine (C=N–C) groups is 1. The average Bonchev–Trinajstić information content (AvgIpc) is 2.67. The number of rotatable bonds is 5. The van der Waals surface area contributed by atoms with Crippen LogP contribution in [0.1, 0.15) is 5.56 Å². The lowest BCUT2D eigenvalue weighted by Gasteiger charge is -2.07. The van der Waals surface area contributed by atoms with E-state index in [1.165, 1.54) is 11.6 Å². The van der Waals surface area contributed by atoms with Crippen molar-refractivity contribution in [3.8, 4) is 11.1 Å². The molecule has 0 bridgehead atoms. The lowest BCUT2D eigenvalue weighted by Crippen LogP contribution is -2.28. The van der Waals surface area contributed by atoms with Crippen LogP contribution in [-0.4, -0.2) is 27.3 Å². The number of nitrogens with two attached hydrogens (primary N) is 1. The SMILES string of the molecule is C=C(/C=C(\N=C(/N)NO)c1ccc(-c2cccnc2)cc1)C(=O)NO. The lowest BCUT2D eigenvalue weighted by molar-refractivity contribution is -0.124. The summed E-state index contributed by atoms with van der Waals surface area (Å²) in [5.41, 5.74) is 11.4. The zero-order valence-corrected chi connectivity index (χ0v) is 13.2. The van der Waals surface area contributed by atoms with Crippen LogP contribution in [0.25, 0.3) is 16.8 Å². The number of aromatic nitrogens is 1. The predicted molar refractivity (Wildman–Crippen MR) is 93.3 cm³/mol. The third-order valence-electron chi connectivity index (χ3n) is 3.24. The van der Waals surface area contributed by atoms with E-state index in [1.54, 1.807) is 30.0 Å². The van der Waals surface area contributed by atoms with Crippen LogP contribution in [0, 0.1) is 0 Å². The van der Waals surface area contributed by atoms with Crippen molar-refractivity contribution in [1.82, 2.24) is 15.9 Å². The van der Waals surface area contributed by atoms with Gasteiger partial charge >= 0.3 is 0 Å². The standard InChI is InChI=1S/C17H17N5O3/c1-11(16(23)21-24)9-15(20-17(18)22-25)13-6-4-12(5-7-13)14-3-2-8-19-10-14/h2-10,24-25H,1H2,(H,21,23)(H3,18,20,22)/b15-9-. The predicted octanol–water partition coefficient (Wildman–Crippen LogP) is 1.44. The maximum Gasteiger partial charge on any atom is 0.274 e. The zero-order valence-electron chi connectivity index (χ0n) is 13.2. The third kappa shape index (κ3) is 4.74. The van der Waals surface area contributed by atoms with Crippen molar-refractivity contribution in [1.29, 1.82) is 0 Å². The Bertz CT molecular complexity index is 814. The first kappa shape index (κ1) is 17.9. The summed E-state index contributed by atoms with van der Waals surface area (Å²) in [6.45, 7) is 3.54. The van der Waals surface area contributed by atoms with E-state index in [4.69, 9.17) is 16.1 Å². The summed E-state index contributed by atoms with van der Waals surface area (Å²) in [6.07, 6.45) is 4.76. The van der Waals surface area contributed by atoms with Gasteiger partial charge in [-0.2, -0.15) is 0 Å². The van der Waals surface area contributed by atoms with Gasteiger partial charge in [-0.25, -0.2) is 16.0 Å². The molecule has 0 unspecified atom stereocenters. The summed E-state index contributed by atoms with van der Waals surface area (Å²) in [7, 11) is 0. The molecule has 0 saturated heterocycles. The maximum atomic E-state index is 11.4. The van der Waals surface area contributed by atoms with Crippen molar-refractivity contribution in [2.24, 2.45) is 10.7 Å². The number of hydroxylamine groups is 2. The van der Waals surface area contributed by atoms with Crippen LogP contribution in [0.2, 0.25) is 0 Å². The van der Waals surface area contributed by atoms with E-state index in [2.05, 4.69) is 16.6 Å². The molecule has 25 heavy (non-hydrogen) atoms. The highest BCUT2D eigenvalue weighted by Gasteiger charge is 2.08. The van der Waals surface area contributed by atoms with Crippen LogP contribution in [0.4, 0.5) is 0 Å². The van der Waals surface area contributed by atoms with Gasteiger partial charge in [0.1, 0.15) is 0 Å². The van der Waals surface area contributed by atoms with Gasteiger partial charge in [-0.3, -0.25) is 20.2 Å². The molecule has 1 amide bonds. The first-order chi connectivity index (χ1) is 12.0. The minimum Gasteiger partial charge on any atom is -0.368 e. The first-order valence-corrected chi connectivity index (χ1v) is 7.15. The highest BCUT2D eigenvalue weighted by Crippen LogP contribution is 2.23. The van der Waals surface area contributed by atoms with Gasteiger partial charge in [0.15, 0.2) is 0 Å². The molecular weight excluding hydrogens is 322 g/mol. The molecule has 0 spiro atoms. The van der Waals surface area contributed by atoms with Gasteiger partial charge in [-0.05, 0) is 23.3 Å². The topological polar surface area (TPSA) is 133 Å². The van der Waals surface area contributed by atoms with Gasteiger partial charge in [0.05, 0.1) is 5.70 Å². The highest BCUT2D eigenvalue weighted by atomic mass is 16.5. The van der Waals surface area contributed by atoms with E-state index in [-0.39, 0.29) is 17.2 Å². The molecule has 128 valence electrons. The Labute approximate surface area is 144 Å². The minimum absolute atomic E-state index is 0.0386. The molecule has 0 aliphatic rings. The second kappa shape index (κ2) is 8.39. The fraction of sp³-hybridized carbons (Fsp3) is 0. The van der Waals surface area contributed by atoms with Crippen molar-refractivity contribution in [3.63, 3.8) is 0 Å². The molecule has 2 aromatic rings. The third-order valence-corrected chi connectivity index (χ3v) is 3.24. The molecule has 8 nitrogen and oxygen atoms in total. The van der Waals surface area contributed by atoms with E-state index >= 15 is 0 Å². The number of nitrogens with zero attached hydrogens (tertiary/aromatic N) is 2. The van der Waals surface area contributed by atoms with Crippen LogP contribution in [0.3, 0.4) is 0 Å². The maximum absolute atomic E-state index is 11.4. The molecule has 0 aliphatic heterocycles. The molecule has 6 N–H and O–H groups in total. The molecule has 0 aliphatic carbocycles. The van der Waals surface area contributed by atoms with E-state index in [0.29, 0.717) is 5.56 Å². The van der Waals surface area contributed by atoms with E-state index in [0.717, 1.165) is 11.1 Å². The quantitative estimate of drug-likeness (QED) is 0.140. The van der Waals surface area contributed by atoms with Gasteiger partial charge in [0, 0.05) is 23.5 Å². The van der Waals surface area contributed by atoms with Crippen molar-refractivity contribution < 1.29 is 15.2 Å². The first-order valence-electron chi connectivity index (χ1n) is 7.15. The molecule has 1 heterocycles. The van der Waals surface area contributed by atoms with E-state index in [9.17, 15) is 4.79 Å². The van der Waals surface area contributed by atoms with Crippen LogP contribution in [0.15, 0.2) is 72.0 Å². The highest BCUT2D eigenvalue weighted by molar-refractivity contribution is 5.97. The fourth-order valence-electron chi connectivity index (χ4n) is 2.00. The number of nitrogens with one attached hydrogen (secondary N) is 2. The summed E-state index contributed by atoms with van der Waals surface area (Å²) in [5, 5.41) is 17.5. The Hall–Kier alpha value is -3.49. The van der Waals surface area contributed by atoms with Crippen LogP contribution >= 0.6 is 0 Å². The number of hydrogen-bond donors (Lipinski definition) is 5. The summed E-state index contributed by atoms with van der Waals surface area (Å²) in [6, 6.07) is 11.0. The number of carbonyl (C=O) groups is 1. The van der Waals surface area contributed by atoms with Crippen LogP contribution in [0.5, 0.6) is 0 Å². The molecule has 2 rings (SSSR count). The molecule has 0 saturated carbocycles. The van der Waals surface area contributed by atoms with E-state index < -0.39 is 5.91 Å². The number of guanidine groups is 1. The van der Waals surface area contributed by atoms with Crippen LogP contribution < -0.4 is 16.7 Å². The Morgan fingerprint density at radius 1 is 1.16 bits per heavy atom. The Morgan fingerprint density at radius 3 is 2.44 bits per heavy atom. The van der Waals surface area contributed by atoms with Crippen LogP contribution in [-0.2, 0) is 4.79 Å². The molecule has 0 radical (unpaired) electrons. The largest absolute Gasteiger partial charge is 0.368 e. The molecule has 1 aromatic carbocycles. The number of hydrogen-bond acceptors (Lipinski definition) is 5. The van der Waals surface area contributed by atoms with Crippen molar-refractivity contribution in [2.45, 2.75) is 0 Å². The minimum atomic E-state index is -0.782. The second-order valence-corrected chi connectivity index (χ2v) is 4.92. The van der Waals surface area contributed by atoms with Gasteiger partial charge < -0.3 is 5.73 Å². The number of amides is 1. The number of pyridine rings is 1. The molecule has 1 aromatic heterocycles. The van der Waals surface area contributed by atoms with Gasteiger partial charge in [0.25, 0.3) is 5.91 Å². The van der Waals surface area contributed by atoms with Gasteiger partial charge in [-0.1, -0.05) is 36.9 Å². The number of carbonyl (C=O) groups excluding carboxylic acids is 1. The van der Waals surface area contributed by atoms with Crippen molar-refractivity contribution in [3.05, 3.63) is 72.6 Å². The Balaban J connectivity index is 2.39. The van der Waals surface area contributed by atoms with Gasteiger partial charge in [-0.15, -0.1) is 0 Å². The number of benzene rings is 1. The molecular formula is C17H17N5O3. The summed E-state index contributed by atoms with van der Waals surface area (Å²) in [4.78, 5) is 19.5. The molecule has 0 atom stereocenters. The normalized spacial score (nSPS) is 11.8. The summed E-state index contributed by atoms with van der Waals surface area (Å²) < 4.78 is 0. The fourth-order valence-corrected chi connectivity index (χ4v) is 2.00. The molecule has 8 heteroatoms. The lowest BCUT2D eigenvalue weighted by atomic mass is 10.0. The van der Waals surface area contributed by atoms with Gasteiger partial charge in [0.2, 0.25) is 5.96 Å². The Morgan fingerprint density at radius 2 is 1.88 bits per heavy atom. The molecule has 0 fully saturated rings. The monoisotopic (exact) mass is 339 g/mol. The average molecular weight is 339 g/mol. The summed E-state index contributed by atoms with van der Waals surface area (Å²) >= 11 is 0. The zero-order chi connectivity index (χ0) is 18.2. The smallest absolute Gasteiger partial charge is 0.274 e. The second-order valence-electron chi connectivity index (χ2n) is 4.92. The summed E-state index contributed by atoms with van der Waals surface area (Å²) in [5.74, 6) is -1.05.